The molecule has 0 aliphatic heterocycles. The lowest BCUT2D eigenvalue weighted by atomic mass is 9.98. The molecule has 0 aromatic heterocycles. The van der Waals surface area contributed by atoms with Crippen molar-refractivity contribution in [3.63, 3.8) is 0 Å². The number of thioether (sulfide) groups is 1. The molecule has 0 N–H and O–H groups in total. The molecule has 0 amide bonds. The van der Waals surface area contributed by atoms with E-state index in [4.69, 9.17) is 9.47 Å². The highest BCUT2D eigenvalue weighted by Gasteiger charge is 2.19. The van der Waals surface area contributed by atoms with Gasteiger partial charge in [0.25, 0.3) is 0 Å². The Bertz CT molecular complexity index is 346. The SMILES string of the molecule is C=C(CC(=O)OC1CCCCCCC1)C(=O)OCCSC. The minimum Gasteiger partial charge on any atom is -0.462 e. The van der Waals surface area contributed by atoms with Gasteiger partial charge in [-0.1, -0.05) is 25.8 Å². The number of carbonyl (C=O) groups excluding carboxylic acids is 2. The summed E-state index contributed by atoms with van der Waals surface area (Å²) in [6, 6.07) is 0. The molecule has 0 aromatic rings. The van der Waals surface area contributed by atoms with Gasteiger partial charge in [-0.2, -0.15) is 11.8 Å². The lowest BCUT2D eigenvalue weighted by Crippen LogP contribution is -2.21. The predicted octanol–water partition coefficient (Wildman–Crippen LogP) is 3.50. The quantitative estimate of drug-likeness (QED) is 0.409. The van der Waals surface area contributed by atoms with E-state index in [0.29, 0.717) is 6.61 Å². The van der Waals surface area contributed by atoms with E-state index in [9.17, 15) is 9.59 Å². The normalized spacial score (nSPS) is 16.6. The summed E-state index contributed by atoms with van der Waals surface area (Å²) in [7, 11) is 0. The average Bonchev–Trinajstić information content (AvgIpc) is 2.41. The Kier molecular flexibility index (Phi) is 9.22. The van der Waals surface area contributed by atoms with Crippen LogP contribution in [0.1, 0.15) is 51.4 Å². The van der Waals surface area contributed by atoms with E-state index < -0.39 is 5.97 Å². The fourth-order valence-corrected chi connectivity index (χ4v) is 2.58. The first-order valence-corrected chi connectivity index (χ1v) is 9.06. The standard InChI is InChI=1S/C16H26O4S/c1-13(16(18)19-10-11-21-2)12-15(17)20-14-8-6-4-3-5-7-9-14/h14H,1,3-12H2,2H3. The van der Waals surface area contributed by atoms with Crippen molar-refractivity contribution in [3.05, 3.63) is 12.2 Å². The summed E-state index contributed by atoms with van der Waals surface area (Å²) in [4.78, 5) is 23.5. The van der Waals surface area contributed by atoms with Gasteiger partial charge in [0.2, 0.25) is 0 Å². The van der Waals surface area contributed by atoms with Crippen LogP contribution in [0.3, 0.4) is 0 Å². The third-order valence-electron chi connectivity index (χ3n) is 3.52. The van der Waals surface area contributed by atoms with Gasteiger partial charge >= 0.3 is 11.9 Å². The van der Waals surface area contributed by atoms with Gasteiger partial charge in [-0.3, -0.25) is 4.79 Å². The van der Waals surface area contributed by atoms with E-state index in [1.807, 2.05) is 6.26 Å². The third kappa shape index (κ3) is 8.15. The highest BCUT2D eigenvalue weighted by molar-refractivity contribution is 7.98. The van der Waals surface area contributed by atoms with Crippen molar-refractivity contribution in [1.82, 2.24) is 0 Å². The maximum atomic E-state index is 11.9. The maximum absolute atomic E-state index is 11.9. The second-order valence-electron chi connectivity index (χ2n) is 5.37. The lowest BCUT2D eigenvalue weighted by Gasteiger charge is -2.20. The highest BCUT2D eigenvalue weighted by Crippen LogP contribution is 2.20. The van der Waals surface area contributed by atoms with Crippen LogP contribution in [0.15, 0.2) is 12.2 Å². The van der Waals surface area contributed by atoms with E-state index in [1.54, 1.807) is 11.8 Å². The molecule has 0 atom stereocenters. The second kappa shape index (κ2) is 10.7. The molecule has 1 rings (SSSR count). The molecule has 5 heteroatoms. The van der Waals surface area contributed by atoms with Crippen molar-refractivity contribution in [1.29, 1.82) is 0 Å². The molecule has 0 bridgehead atoms. The summed E-state index contributed by atoms with van der Waals surface area (Å²) in [6.45, 7) is 3.96. The molecule has 1 aliphatic carbocycles. The van der Waals surface area contributed by atoms with Gasteiger partial charge in [0, 0.05) is 11.3 Å². The molecule has 0 unspecified atom stereocenters. The van der Waals surface area contributed by atoms with Gasteiger partial charge < -0.3 is 9.47 Å². The maximum Gasteiger partial charge on any atom is 0.334 e. The second-order valence-corrected chi connectivity index (χ2v) is 6.35. The third-order valence-corrected chi connectivity index (χ3v) is 4.09. The number of carbonyl (C=O) groups is 2. The van der Waals surface area contributed by atoms with Crippen LogP contribution < -0.4 is 0 Å². The topological polar surface area (TPSA) is 52.6 Å². The molecule has 0 spiro atoms. The summed E-state index contributed by atoms with van der Waals surface area (Å²) in [6.07, 6.45) is 9.63. The largest absolute Gasteiger partial charge is 0.462 e. The zero-order chi connectivity index (χ0) is 15.5. The monoisotopic (exact) mass is 314 g/mol. The van der Waals surface area contributed by atoms with Crippen LogP contribution in [0.5, 0.6) is 0 Å². The highest BCUT2D eigenvalue weighted by atomic mass is 32.2. The number of ether oxygens (including phenoxy) is 2. The fraction of sp³-hybridized carbons (Fsp3) is 0.750. The van der Waals surface area contributed by atoms with Crippen molar-refractivity contribution < 1.29 is 19.1 Å². The van der Waals surface area contributed by atoms with Crippen LogP contribution >= 0.6 is 11.8 Å². The van der Waals surface area contributed by atoms with Crippen molar-refractivity contribution in [3.8, 4) is 0 Å². The number of hydrogen-bond donors (Lipinski definition) is 0. The van der Waals surface area contributed by atoms with Gasteiger partial charge in [-0.15, -0.1) is 0 Å². The van der Waals surface area contributed by atoms with Crippen LogP contribution in [0, 0.1) is 0 Å². The Labute approximate surface area is 131 Å². The molecule has 0 saturated heterocycles. The molecule has 1 aliphatic rings. The van der Waals surface area contributed by atoms with Crippen molar-refractivity contribution in [2.75, 3.05) is 18.6 Å². The number of esters is 2. The van der Waals surface area contributed by atoms with Crippen LogP contribution in [0.25, 0.3) is 0 Å². The zero-order valence-electron chi connectivity index (χ0n) is 12.9. The first-order chi connectivity index (χ1) is 10.1. The summed E-state index contributed by atoms with van der Waals surface area (Å²) >= 11 is 1.60. The zero-order valence-corrected chi connectivity index (χ0v) is 13.7. The van der Waals surface area contributed by atoms with E-state index >= 15 is 0 Å². The summed E-state index contributed by atoms with van der Waals surface area (Å²) in [5, 5.41) is 0. The Hall–Kier alpha value is -0.970. The Morgan fingerprint density at radius 3 is 2.38 bits per heavy atom. The van der Waals surface area contributed by atoms with E-state index in [2.05, 4.69) is 6.58 Å². The Balaban J connectivity index is 2.27. The predicted molar refractivity (Wildman–Crippen MR) is 85.3 cm³/mol. The summed E-state index contributed by atoms with van der Waals surface area (Å²) in [5.74, 6) is -0.128. The van der Waals surface area contributed by atoms with Gasteiger partial charge in [0.15, 0.2) is 0 Å². The van der Waals surface area contributed by atoms with E-state index in [0.717, 1.165) is 31.4 Å². The Morgan fingerprint density at radius 2 is 1.76 bits per heavy atom. The average molecular weight is 314 g/mol. The minimum absolute atomic E-state index is 0.00175. The van der Waals surface area contributed by atoms with Crippen molar-refractivity contribution >= 4 is 23.7 Å². The van der Waals surface area contributed by atoms with Crippen molar-refractivity contribution in [2.24, 2.45) is 0 Å². The van der Waals surface area contributed by atoms with Gasteiger partial charge in [0.05, 0.1) is 6.42 Å². The first-order valence-electron chi connectivity index (χ1n) is 7.66. The lowest BCUT2D eigenvalue weighted by molar-refractivity contribution is -0.151. The van der Waals surface area contributed by atoms with Crippen LogP contribution in [0.2, 0.25) is 0 Å². The molecule has 1 fully saturated rings. The molecule has 0 radical (unpaired) electrons. The molecule has 4 nitrogen and oxygen atoms in total. The van der Waals surface area contributed by atoms with Crippen LogP contribution in [-0.2, 0) is 19.1 Å². The smallest absolute Gasteiger partial charge is 0.334 e. The van der Waals surface area contributed by atoms with Crippen molar-refractivity contribution in [2.45, 2.75) is 57.5 Å². The molecular formula is C16H26O4S. The molecular weight excluding hydrogens is 288 g/mol. The van der Waals surface area contributed by atoms with Crippen LogP contribution in [-0.4, -0.2) is 36.7 Å². The number of rotatable bonds is 7. The van der Waals surface area contributed by atoms with E-state index in [-0.39, 0.29) is 24.1 Å². The molecule has 21 heavy (non-hydrogen) atoms. The summed E-state index contributed by atoms with van der Waals surface area (Å²) < 4.78 is 10.5. The first kappa shape index (κ1) is 18.1. The molecule has 120 valence electrons. The van der Waals surface area contributed by atoms with Gasteiger partial charge in [-0.25, -0.2) is 4.79 Å². The molecule has 0 heterocycles. The molecule has 1 saturated carbocycles. The fourth-order valence-electron chi connectivity index (χ4n) is 2.33. The number of hydrogen-bond acceptors (Lipinski definition) is 5. The summed E-state index contributed by atoms with van der Waals surface area (Å²) in [5.41, 5.74) is 0.173. The minimum atomic E-state index is -0.501. The Morgan fingerprint density at radius 1 is 1.14 bits per heavy atom. The van der Waals surface area contributed by atoms with Crippen LogP contribution in [0.4, 0.5) is 0 Å². The van der Waals surface area contributed by atoms with E-state index in [1.165, 1.54) is 19.3 Å². The van der Waals surface area contributed by atoms with Gasteiger partial charge in [-0.05, 0) is 31.9 Å². The molecule has 0 aromatic carbocycles. The van der Waals surface area contributed by atoms with Gasteiger partial charge in [0.1, 0.15) is 12.7 Å².